The molecular formula is C13H12Br2N4O2. The van der Waals surface area contributed by atoms with Crippen molar-refractivity contribution in [2.45, 2.75) is 0 Å². The number of amides is 1. The van der Waals surface area contributed by atoms with E-state index in [0.29, 0.717) is 10.2 Å². The van der Waals surface area contributed by atoms with Gasteiger partial charge in [0.25, 0.3) is 5.91 Å². The Kier molecular flexibility index (Phi) is 5.13. The first-order valence-electron chi connectivity index (χ1n) is 5.87. The Labute approximate surface area is 138 Å². The van der Waals surface area contributed by atoms with Crippen molar-refractivity contribution in [3.05, 3.63) is 44.6 Å². The van der Waals surface area contributed by atoms with Crippen molar-refractivity contribution >= 4 is 44.0 Å². The average Bonchev–Trinajstić information content (AvgIpc) is 2.78. The number of halogens is 2. The molecule has 6 nitrogen and oxygen atoms in total. The van der Waals surface area contributed by atoms with Crippen molar-refractivity contribution < 1.29 is 9.53 Å². The van der Waals surface area contributed by atoms with Crippen LogP contribution in [0.4, 0.5) is 0 Å². The highest BCUT2D eigenvalue weighted by atomic mass is 79.9. The van der Waals surface area contributed by atoms with Crippen molar-refractivity contribution in [1.82, 2.24) is 15.2 Å². The molecule has 1 aromatic heterocycles. The summed E-state index contributed by atoms with van der Waals surface area (Å²) in [4.78, 5) is 11.9. The Morgan fingerprint density at radius 3 is 2.86 bits per heavy atom. The molecule has 110 valence electrons. The first-order chi connectivity index (χ1) is 10.0. The summed E-state index contributed by atoms with van der Waals surface area (Å²) in [6.45, 7) is 0. The van der Waals surface area contributed by atoms with Crippen LogP contribution < -0.4 is 10.2 Å². The third kappa shape index (κ3) is 3.92. The molecule has 1 heterocycles. The third-order valence-electron chi connectivity index (χ3n) is 2.56. The lowest BCUT2D eigenvalue weighted by Crippen LogP contribution is -2.19. The minimum absolute atomic E-state index is 0.274. The van der Waals surface area contributed by atoms with Gasteiger partial charge in [-0.3, -0.25) is 9.48 Å². The maximum Gasteiger partial charge on any atom is 0.293 e. The van der Waals surface area contributed by atoms with Crippen LogP contribution in [0.25, 0.3) is 0 Å². The summed E-state index contributed by atoms with van der Waals surface area (Å²) in [5.74, 6) is 0.267. The second-order valence-electron chi connectivity index (χ2n) is 4.08. The summed E-state index contributed by atoms with van der Waals surface area (Å²) in [6, 6.07) is 5.51. The standard InChI is InChI=1S/C13H12Br2N4O2/c1-19-7-10(15)12(18-19)13(20)17-16-6-8-5-9(14)3-4-11(8)21-2/h3-7H,1-2H3,(H,17,20)/b16-6-. The molecule has 0 bridgehead atoms. The molecule has 21 heavy (non-hydrogen) atoms. The number of methoxy groups -OCH3 is 1. The number of ether oxygens (including phenoxy) is 1. The predicted molar refractivity (Wildman–Crippen MR) is 86.7 cm³/mol. The van der Waals surface area contributed by atoms with Crippen LogP contribution in [0.1, 0.15) is 16.1 Å². The van der Waals surface area contributed by atoms with Crippen molar-refractivity contribution in [3.63, 3.8) is 0 Å². The molecule has 0 fully saturated rings. The molecule has 2 aromatic rings. The number of hydrogen-bond acceptors (Lipinski definition) is 4. The number of hydrogen-bond donors (Lipinski definition) is 1. The van der Waals surface area contributed by atoms with E-state index >= 15 is 0 Å². The van der Waals surface area contributed by atoms with Crippen molar-refractivity contribution in [2.24, 2.45) is 12.1 Å². The van der Waals surface area contributed by atoms with Crippen LogP contribution >= 0.6 is 31.9 Å². The van der Waals surface area contributed by atoms with Gasteiger partial charge in [0.15, 0.2) is 5.69 Å². The van der Waals surface area contributed by atoms with E-state index in [9.17, 15) is 4.79 Å². The highest BCUT2D eigenvalue weighted by Crippen LogP contribution is 2.21. The zero-order valence-electron chi connectivity index (χ0n) is 11.3. The molecule has 0 aliphatic carbocycles. The number of nitrogens with zero attached hydrogens (tertiary/aromatic N) is 3. The lowest BCUT2D eigenvalue weighted by Gasteiger charge is -2.04. The highest BCUT2D eigenvalue weighted by molar-refractivity contribution is 9.10. The number of aromatic nitrogens is 2. The number of hydrazone groups is 1. The van der Waals surface area contributed by atoms with E-state index in [1.54, 1.807) is 25.0 Å². The van der Waals surface area contributed by atoms with Crippen molar-refractivity contribution in [2.75, 3.05) is 7.11 Å². The predicted octanol–water partition coefficient (Wildman–Crippen LogP) is 2.72. The number of nitrogens with one attached hydrogen (secondary N) is 1. The van der Waals surface area contributed by atoms with Crippen LogP contribution in [0.5, 0.6) is 5.75 Å². The number of carbonyl (C=O) groups is 1. The fourth-order valence-corrected chi connectivity index (χ4v) is 2.57. The largest absolute Gasteiger partial charge is 0.496 e. The van der Waals surface area contributed by atoms with Crippen LogP contribution in [0.3, 0.4) is 0 Å². The van der Waals surface area contributed by atoms with Crippen molar-refractivity contribution in [3.8, 4) is 5.75 Å². The zero-order valence-corrected chi connectivity index (χ0v) is 14.5. The van der Waals surface area contributed by atoms with E-state index < -0.39 is 5.91 Å². The fourth-order valence-electron chi connectivity index (χ4n) is 1.63. The second kappa shape index (κ2) is 6.86. The minimum Gasteiger partial charge on any atom is -0.496 e. The third-order valence-corrected chi connectivity index (χ3v) is 3.63. The zero-order chi connectivity index (χ0) is 15.4. The summed E-state index contributed by atoms with van der Waals surface area (Å²) in [5, 5.41) is 7.96. The molecule has 0 saturated carbocycles. The van der Waals surface area contributed by atoms with E-state index in [1.165, 1.54) is 6.21 Å². The maximum atomic E-state index is 11.9. The van der Waals surface area contributed by atoms with Gasteiger partial charge < -0.3 is 4.74 Å². The van der Waals surface area contributed by atoms with Gasteiger partial charge in [-0.2, -0.15) is 10.2 Å². The Hall–Kier alpha value is -1.67. The van der Waals surface area contributed by atoms with E-state index in [-0.39, 0.29) is 5.69 Å². The molecular weight excluding hydrogens is 404 g/mol. The minimum atomic E-state index is -0.396. The molecule has 0 atom stereocenters. The summed E-state index contributed by atoms with van der Waals surface area (Å²) < 4.78 is 8.26. The molecule has 1 amide bonds. The fraction of sp³-hybridized carbons (Fsp3) is 0.154. The first kappa shape index (κ1) is 15.7. The molecule has 0 aliphatic rings. The lowest BCUT2D eigenvalue weighted by molar-refractivity contribution is 0.0948. The molecule has 0 unspecified atom stereocenters. The monoisotopic (exact) mass is 414 g/mol. The van der Waals surface area contributed by atoms with Crippen LogP contribution in [0, 0.1) is 0 Å². The molecule has 2 rings (SSSR count). The van der Waals surface area contributed by atoms with E-state index in [0.717, 1.165) is 10.0 Å². The van der Waals surface area contributed by atoms with Gasteiger partial charge in [-0.05, 0) is 34.1 Å². The quantitative estimate of drug-likeness (QED) is 0.616. The summed E-state index contributed by atoms with van der Waals surface area (Å²) in [5.41, 5.74) is 3.44. The lowest BCUT2D eigenvalue weighted by atomic mass is 10.2. The first-order valence-corrected chi connectivity index (χ1v) is 7.46. The molecule has 0 radical (unpaired) electrons. The van der Waals surface area contributed by atoms with E-state index in [1.807, 2.05) is 18.2 Å². The van der Waals surface area contributed by atoms with Crippen molar-refractivity contribution in [1.29, 1.82) is 0 Å². The second-order valence-corrected chi connectivity index (χ2v) is 5.85. The van der Waals surface area contributed by atoms with E-state index in [4.69, 9.17) is 4.74 Å². The Bertz CT molecular complexity index is 697. The molecule has 0 spiro atoms. The summed E-state index contributed by atoms with van der Waals surface area (Å²) >= 11 is 6.64. The van der Waals surface area contributed by atoms with E-state index in [2.05, 4.69) is 47.5 Å². The molecule has 1 N–H and O–H groups in total. The summed E-state index contributed by atoms with van der Waals surface area (Å²) in [7, 11) is 3.31. The van der Waals surface area contributed by atoms with Crippen LogP contribution in [-0.4, -0.2) is 29.0 Å². The molecule has 8 heteroatoms. The summed E-state index contributed by atoms with van der Waals surface area (Å²) in [6.07, 6.45) is 3.20. The van der Waals surface area contributed by atoms with Gasteiger partial charge in [-0.1, -0.05) is 15.9 Å². The van der Waals surface area contributed by atoms with Gasteiger partial charge in [0.2, 0.25) is 0 Å². The normalized spacial score (nSPS) is 10.9. The van der Waals surface area contributed by atoms with Crippen LogP contribution in [-0.2, 0) is 7.05 Å². The van der Waals surface area contributed by atoms with Gasteiger partial charge in [0, 0.05) is 23.3 Å². The SMILES string of the molecule is COc1ccc(Br)cc1/C=N\NC(=O)c1nn(C)cc1Br. The van der Waals surface area contributed by atoms with Gasteiger partial charge in [0.1, 0.15) is 5.75 Å². The number of benzene rings is 1. The average molecular weight is 416 g/mol. The molecule has 0 saturated heterocycles. The molecule has 0 aliphatic heterocycles. The maximum absolute atomic E-state index is 11.9. The van der Waals surface area contributed by atoms with Gasteiger partial charge >= 0.3 is 0 Å². The smallest absolute Gasteiger partial charge is 0.293 e. The Balaban J connectivity index is 2.11. The topological polar surface area (TPSA) is 68.5 Å². The van der Waals surface area contributed by atoms with Gasteiger partial charge in [-0.25, -0.2) is 5.43 Å². The highest BCUT2D eigenvalue weighted by Gasteiger charge is 2.13. The van der Waals surface area contributed by atoms with Crippen LogP contribution in [0.15, 0.2) is 38.4 Å². The Morgan fingerprint density at radius 1 is 1.48 bits per heavy atom. The number of rotatable bonds is 4. The van der Waals surface area contributed by atoms with Gasteiger partial charge in [0.05, 0.1) is 17.8 Å². The van der Waals surface area contributed by atoms with Crippen LogP contribution in [0.2, 0.25) is 0 Å². The number of aryl methyl sites for hydroxylation is 1. The number of carbonyl (C=O) groups excluding carboxylic acids is 1. The van der Waals surface area contributed by atoms with Gasteiger partial charge in [-0.15, -0.1) is 0 Å². The molecule has 1 aromatic carbocycles. The Morgan fingerprint density at radius 2 is 2.24 bits per heavy atom.